The maximum absolute atomic E-state index is 12.5. The highest BCUT2D eigenvalue weighted by Crippen LogP contribution is 2.30. The van der Waals surface area contributed by atoms with E-state index in [1.54, 1.807) is 12.1 Å². The number of fused-ring (bicyclic) bond motifs is 1. The molecule has 2 fully saturated rings. The van der Waals surface area contributed by atoms with Crippen molar-refractivity contribution in [3.05, 3.63) is 66.2 Å². The van der Waals surface area contributed by atoms with Crippen molar-refractivity contribution in [2.24, 2.45) is 0 Å². The average Bonchev–Trinajstić information content (AvgIpc) is 3.30. The van der Waals surface area contributed by atoms with Gasteiger partial charge in [-0.3, -0.25) is 9.69 Å². The number of benzene rings is 2. The van der Waals surface area contributed by atoms with E-state index in [2.05, 4.69) is 57.3 Å². The second-order valence-corrected chi connectivity index (χ2v) is 9.91. The molecule has 0 bridgehead atoms. The number of carbonyl (C=O) groups is 2. The quantitative estimate of drug-likeness (QED) is 0.343. The number of rotatable bonds is 10. The molecule has 3 aromatic rings. The van der Waals surface area contributed by atoms with Crippen LogP contribution in [0, 0.1) is 0 Å². The van der Waals surface area contributed by atoms with Gasteiger partial charge in [-0.15, -0.1) is 0 Å². The number of carbonyl (C=O) groups excluding carboxylic acids is 2. The number of nitrogens with zero attached hydrogens (tertiary/aromatic N) is 2. The highest BCUT2D eigenvalue weighted by Gasteiger charge is 2.33. The van der Waals surface area contributed by atoms with Crippen LogP contribution in [-0.4, -0.2) is 62.0 Å². The number of cyclic esters (lactones) is 1. The van der Waals surface area contributed by atoms with E-state index in [1.807, 2.05) is 12.1 Å². The van der Waals surface area contributed by atoms with Gasteiger partial charge in [0.1, 0.15) is 24.3 Å². The van der Waals surface area contributed by atoms with E-state index in [0.29, 0.717) is 56.1 Å². The van der Waals surface area contributed by atoms with Crippen LogP contribution in [-0.2, 0) is 16.1 Å². The number of nitrogens with one attached hydrogen (secondary N) is 3. The summed E-state index contributed by atoms with van der Waals surface area (Å²) >= 11 is 0. The van der Waals surface area contributed by atoms with Crippen molar-refractivity contribution in [1.29, 1.82) is 0 Å². The predicted molar refractivity (Wildman–Crippen MR) is 146 cm³/mol. The third-order valence-electron chi connectivity index (χ3n) is 7.05. The largest absolute Gasteiger partial charge is 0.492 e. The first kappa shape index (κ1) is 25.1. The maximum atomic E-state index is 12.5. The van der Waals surface area contributed by atoms with Crippen LogP contribution in [0.3, 0.4) is 0 Å². The third kappa shape index (κ3) is 5.97. The fourth-order valence-electron chi connectivity index (χ4n) is 4.77. The molecule has 2 unspecified atom stereocenters. The topological polar surface area (TPSA) is 114 Å². The van der Waals surface area contributed by atoms with E-state index in [9.17, 15) is 9.59 Å². The van der Waals surface area contributed by atoms with Gasteiger partial charge in [0.2, 0.25) is 0 Å². The van der Waals surface area contributed by atoms with Crippen LogP contribution >= 0.6 is 0 Å². The Labute approximate surface area is 226 Å². The second kappa shape index (κ2) is 11.3. The van der Waals surface area contributed by atoms with Gasteiger partial charge in [0.15, 0.2) is 18.2 Å². The molecular weight excluding hydrogens is 498 g/mol. The van der Waals surface area contributed by atoms with E-state index in [1.165, 1.54) is 16.9 Å². The Morgan fingerprint density at radius 1 is 1.08 bits per heavy atom. The molecule has 10 nitrogen and oxygen atoms in total. The van der Waals surface area contributed by atoms with Crippen LogP contribution in [0.15, 0.2) is 60.7 Å². The van der Waals surface area contributed by atoms with Crippen molar-refractivity contribution in [1.82, 2.24) is 15.6 Å². The lowest BCUT2D eigenvalue weighted by Gasteiger charge is -2.27. The summed E-state index contributed by atoms with van der Waals surface area (Å²) < 4.78 is 16.9. The van der Waals surface area contributed by atoms with Crippen LogP contribution in [0.5, 0.6) is 11.5 Å². The highest BCUT2D eigenvalue weighted by atomic mass is 16.6. The van der Waals surface area contributed by atoms with E-state index < -0.39 is 6.09 Å². The van der Waals surface area contributed by atoms with Crippen molar-refractivity contribution < 1.29 is 23.8 Å². The SMILES string of the molecule is O=C1COc2ccc(N3CC(CCNCc4cccc(-c5cccc(OCC6CCN6)c5)c4)OC3=O)nc2N1. The summed E-state index contributed by atoms with van der Waals surface area (Å²) in [5.41, 5.74) is 3.43. The number of pyridine rings is 1. The fourth-order valence-corrected chi connectivity index (χ4v) is 4.77. The average molecular weight is 530 g/mol. The van der Waals surface area contributed by atoms with Gasteiger partial charge >= 0.3 is 6.09 Å². The zero-order valence-electron chi connectivity index (χ0n) is 21.5. The molecule has 2 atom stereocenters. The number of ether oxygens (including phenoxy) is 3. The Hall–Kier alpha value is -4.15. The molecule has 2 amide bonds. The Bertz CT molecular complexity index is 1360. The van der Waals surface area contributed by atoms with Gasteiger partial charge in [0, 0.05) is 12.6 Å². The Balaban J connectivity index is 0.989. The molecule has 3 N–H and O–H groups in total. The van der Waals surface area contributed by atoms with Crippen molar-refractivity contribution in [3.63, 3.8) is 0 Å². The Kier molecular flexibility index (Phi) is 7.29. The minimum Gasteiger partial charge on any atom is -0.492 e. The van der Waals surface area contributed by atoms with Gasteiger partial charge in [-0.05, 0) is 73.0 Å². The van der Waals surface area contributed by atoms with Gasteiger partial charge in [0.25, 0.3) is 5.91 Å². The van der Waals surface area contributed by atoms with Crippen LogP contribution in [0.4, 0.5) is 16.4 Å². The summed E-state index contributed by atoms with van der Waals surface area (Å²) in [6.45, 7) is 3.51. The lowest BCUT2D eigenvalue weighted by Crippen LogP contribution is -2.46. The van der Waals surface area contributed by atoms with E-state index >= 15 is 0 Å². The minimum absolute atomic E-state index is 0.0419. The number of amides is 2. The molecule has 3 aliphatic rings. The second-order valence-electron chi connectivity index (χ2n) is 9.91. The Morgan fingerprint density at radius 2 is 1.92 bits per heavy atom. The molecule has 202 valence electrons. The van der Waals surface area contributed by atoms with Crippen molar-refractivity contribution in [2.45, 2.75) is 31.5 Å². The molecule has 3 aliphatic heterocycles. The van der Waals surface area contributed by atoms with E-state index in [0.717, 1.165) is 23.4 Å². The van der Waals surface area contributed by atoms with E-state index in [-0.39, 0.29) is 18.6 Å². The summed E-state index contributed by atoms with van der Waals surface area (Å²) in [5, 5.41) is 9.48. The van der Waals surface area contributed by atoms with Gasteiger partial charge in [-0.2, -0.15) is 0 Å². The fraction of sp³-hybridized carbons (Fsp3) is 0.345. The first-order valence-corrected chi connectivity index (χ1v) is 13.3. The van der Waals surface area contributed by atoms with Crippen LogP contribution < -0.4 is 30.3 Å². The molecular formula is C29H31N5O5. The molecule has 2 saturated heterocycles. The number of anilines is 2. The molecule has 6 rings (SSSR count). The molecule has 0 aliphatic carbocycles. The van der Waals surface area contributed by atoms with Gasteiger partial charge < -0.3 is 30.2 Å². The van der Waals surface area contributed by atoms with Crippen LogP contribution in [0.1, 0.15) is 18.4 Å². The lowest BCUT2D eigenvalue weighted by molar-refractivity contribution is -0.118. The lowest BCUT2D eigenvalue weighted by atomic mass is 10.0. The first-order chi connectivity index (χ1) is 19.1. The van der Waals surface area contributed by atoms with Gasteiger partial charge in [-0.25, -0.2) is 9.78 Å². The summed E-state index contributed by atoms with van der Waals surface area (Å²) in [6.07, 6.45) is 1.14. The Morgan fingerprint density at radius 3 is 2.77 bits per heavy atom. The molecule has 2 aromatic carbocycles. The van der Waals surface area contributed by atoms with Crippen molar-refractivity contribution in [2.75, 3.05) is 43.1 Å². The zero-order valence-corrected chi connectivity index (χ0v) is 21.5. The zero-order chi connectivity index (χ0) is 26.6. The standard InChI is InChI=1S/C29H31N5O5/c35-27-18-38-25-7-8-26(32-28(25)33-27)34-16-24(39-29(34)36)10-11-30-15-19-3-1-4-20(13-19)21-5-2-6-23(14-21)37-17-22-9-12-31-22/h1-8,13-14,22,24,30-31H,9-12,15-18H2,(H,32,33,35). The molecule has 0 radical (unpaired) electrons. The number of aromatic nitrogens is 1. The first-order valence-electron chi connectivity index (χ1n) is 13.3. The molecule has 0 saturated carbocycles. The molecule has 1 aromatic heterocycles. The minimum atomic E-state index is -0.446. The number of hydrogen-bond acceptors (Lipinski definition) is 8. The van der Waals surface area contributed by atoms with E-state index in [4.69, 9.17) is 14.2 Å². The summed E-state index contributed by atoms with van der Waals surface area (Å²) in [6, 6.07) is 20.5. The van der Waals surface area contributed by atoms with Crippen LogP contribution in [0.25, 0.3) is 11.1 Å². The summed E-state index contributed by atoms with van der Waals surface area (Å²) in [4.78, 5) is 29.9. The van der Waals surface area contributed by atoms with Crippen LogP contribution in [0.2, 0.25) is 0 Å². The normalized spacial score (nSPS) is 19.9. The van der Waals surface area contributed by atoms with Crippen molar-refractivity contribution >= 4 is 23.6 Å². The third-order valence-corrected chi connectivity index (χ3v) is 7.05. The molecule has 0 spiro atoms. The predicted octanol–water partition coefficient (Wildman–Crippen LogP) is 3.33. The summed E-state index contributed by atoms with van der Waals surface area (Å²) in [7, 11) is 0. The van der Waals surface area contributed by atoms with Gasteiger partial charge in [-0.1, -0.05) is 30.3 Å². The highest BCUT2D eigenvalue weighted by molar-refractivity contribution is 5.95. The maximum Gasteiger partial charge on any atom is 0.415 e. The summed E-state index contributed by atoms with van der Waals surface area (Å²) in [5.74, 6) is 1.83. The molecule has 10 heteroatoms. The van der Waals surface area contributed by atoms with Gasteiger partial charge in [0.05, 0.1) is 6.54 Å². The molecule has 39 heavy (non-hydrogen) atoms. The van der Waals surface area contributed by atoms with Crippen molar-refractivity contribution in [3.8, 4) is 22.6 Å². The smallest absolute Gasteiger partial charge is 0.415 e. The monoisotopic (exact) mass is 529 g/mol. The molecule has 4 heterocycles. The number of hydrogen-bond donors (Lipinski definition) is 3.